The van der Waals surface area contributed by atoms with Crippen molar-refractivity contribution in [2.45, 2.75) is 32.9 Å². The van der Waals surface area contributed by atoms with Gasteiger partial charge in [0.05, 0.1) is 19.4 Å². The Bertz CT molecular complexity index is 663. The molecule has 0 fully saturated rings. The van der Waals surface area contributed by atoms with Crippen molar-refractivity contribution in [1.82, 2.24) is 10.6 Å². The van der Waals surface area contributed by atoms with E-state index in [0.29, 0.717) is 18.9 Å². The zero-order chi connectivity index (χ0) is 18.2. The lowest BCUT2D eigenvalue weighted by Crippen LogP contribution is -2.42. The van der Waals surface area contributed by atoms with Crippen molar-refractivity contribution < 1.29 is 13.2 Å². The van der Waals surface area contributed by atoms with Crippen LogP contribution in [0.2, 0.25) is 0 Å². The van der Waals surface area contributed by atoms with Gasteiger partial charge in [-0.1, -0.05) is 15.9 Å². The molecule has 0 aliphatic carbocycles. The number of methoxy groups -OCH3 is 1. The number of nitrogens with one attached hydrogen (secondary N) is 2. The number of sulfone groups is 1. The summed E-state index contributed by atoms with van der Waals surface area (Å²) in [5.74, 6) is 1.59. The molecule has 0 bridgehead atoms. The van der Waals surface area contributed by atoms with Gasteiger partial charge in [0, 0.05) is 28.9 Å². The van der Waals surface area contributed by atoms with Crippen molar-refractivity contribution in [3.63, 3.8) is 0 Å². The third kappa shape index (κ3) is 8.01. The number of benzene rings is 1. The molecule has 1 atom stereocenters. The Morgan fingerprint density at radius 1 is 1.42 bits per heavy atom. The maximum atomic E-state index is 11.3. The monoisotopic (exact) mass is 419 g/mol. The van der Waals surface area contributed by atoms with E-state index in [-0.39, 0.29) is 11.8 Å². The summed E-state index contributed by atoms with van der Waals surface area (Å²) in [6, 6.07) is 5.79. The molecule has 136 valence electrons. The summed E-state index contributed by atoms with van der Waals surface area (Å²) in [6.07, 6.45) is 1.78. The van der Waals surface area contributed by atoms with Crippen LogP contribution in [0.3, 0.4) is 0 Å². The van der Waals surface area contributed by atoms with E-state index in [1.165, 1.54) is 6.26 Å². The maximum Gasteiger partial charge on any atom is 0.191 e. The molecule has 1 unspecified atom stereocenters. The number of hydrogen-bond acceptors (Lipinski definition) is 4. The van der Waals surface area contributed by atoms with E-state index in [1.54, 1.807) is 7.11 Å². The average molecular weight is 420 g/mol. The summed E-state index contributed by atoms with van der Waals surface area (Å²) in [5, 5.41) is 6.40. The first-order valence-electron chi connectivity index (χ1n) is 7.80. The normalized spacial score (nSPS) is 13.5. The third-order valence-corrected chi connectivity index (χ3v) is 4.77. The zero-order valence-corrected chi connectivity index (χ0v) is 17.0. The van der Waals surface area contributed by atoms with Gasteiger partial charge in [0.15, 0.2) is 5.96 Å². The van der Waals surface area contributed by atoms with Crippen LogP contribution < -0.4 is 15.4 Å². The van der Waals surface area contributed by atoms with E-state index in [2.05, 4.69) is 31.6 Å². The summed E-state index contributed by atoms with van der Waals surface area (Å²) in [5.41, 5.74) is 0.966. The smallest absolute Gasteiger partial charge is 0.191 e. The van der Waals surface area contributed by atoms with E-state index in [1.807, 2.05) is 32.0 Å². The second-order valence-corrected chi connectivity index (χ2v) is 8.79. The second-order valence-electron chi connectivity index (χ2n) is 5.62. The molecule has 1 aromatic rings. The van der Waals surface area contributed by atoms with E-state index >= 15 is 0 Å². The highest BCUT2D eigenvalue weighted by Gasteiger charge is 2.10. The Kier molecular flexibility index (Phi) is 8.55. The van der Waals surface area contributed by atoms with Gasteiger partial charge >= 0.3 is 0 Å². The van der Waals surface area contributed by atoms with Crippen molar-refractivity contribution in [3.8, 4) is 5.75 Å². The Hall–Kier alpha value is -1.28. The fourth-order valence-corrected chi connectivity index (χ4v) is 3.24. The fourth-order valence-electron chi connectivity index (χ4n) is 2.05. The summed E-state index contributed by atoms with van der Waals surface area (Å²) < 4.78 is 28.9. The van der Waals surface area contributed by atoms with Crippen molar-refractivity contribution >= 4 is 31.7 Å². The first-order chi connectivity index (χ1) is 11.2. The van der Waals surface area contributed by atoms with Crippen LogP contribution in [0.25, 0.3) is 0 Å². The minimum Gasteiger partial charge on any atom is -0.496 e. The van der Waals surface area contributed by atoms with E-state index < -0.39 is 9.84 Å². The van der Waals surface area contributed by atoms with Crippen LogP contribution in [0.4, 0.5) is 0 Å². The highest BCUT2D eigenvalue weighted by Crippen LogP contribution is 2.23. The lowest BCUT2D eigenvalue weighted by atomic mass is 10.2. The number of halogens is 1. The van der Waals surface area contributed by atoms with Crippen LogP contribution in [0.1, 0.15) is 25.8 Å². The van der Waals surface area contributed by atoms with Gasteiger partial charge in [0.2, 0.25) is 0 Å². The predicted molar refractivity (Wildman–Crippen MR) is 102 cm³/mol. The Balaban J connectivity index is 2.77. The van der Waals surface area contributed by atoms with Crippen molar-refractivity contribution in [1.29, 1.82) is 0 Å². The molecule has 0 saturated carbocycles. The van der Waals surface area contributed by atoms with Gasteiger partial charge in [0.25, 0.3) is 0 Å². The average Bonchev–Trinajstić information content (AvgIpc) is 2.50. The maximum absolute atomic E-state index is 11.3. The molecular formula is C16H26BrN3O3S. The molecule has 0 radical (unpaired) electrons. The van der Waals surface area contributed by atoms with Crippen molar-refractivity contribution in [3.05, 3.63) is 28.2 Å². The molecule has 2 N–H and O–H groups in total. The fraction of sp³-hybridized carbons (Fsp3) is 0.562. The summed E-state index contributed by atoms with van der Waals surface area (Å²) in [4.78, 5) is 4.56. The molecule has 1 aromatic carbocycles. The molecule has 0 aromatic heterocycles. The van der Waals surface area contributed by atoms with Gasteiger partial charge in [0.1, 0.15) is 15.6 Å². The SMILES string of the molecule is CCNC(=NCc1cc(Br)ccc1OC)NC(C)CCS(C)(=O)=O. The van der Waals surface area contributed by atoms with Gasteiger partial charge in [-0.25, -0.2) is 13.4 Å². The highest BCUT2D eigenvalue weighted by atomic mass is 79.9. The molecule has 6 nitrogen and oxygen atoms in total. The molecule has 0 amide bonds. The minimum atomic E-state index is -2.96. The lowest BCUT2D eigenvalue weighted by Gasteiger charge is -2.17. The zero-order valence-electron chi connectivity index (χ0n) is 14.6. The van der Waals surface area contributed by atoms with Crippen LogP contribution in [0.15, 0.2) is 27.7 Å². The summed E-state index contributed by atoms with van der Waals surface area (Å²) in [6.45, 7) is 5.10. The summed E-state index contributed by atoms with van der Waals surface area (Å²) >= 11 is 3.45. The topological polar surface area (TPSA) is 79.8 Å². The van der Waals surface area contributed by atoms with Gasteiger partial charge in [-0.2, -0.15) is 0 Å². The Morgan fingerprint density at radius 3 is 2.71 bits per heavy atom. The summed E-state index contributed by atoms with van der Waals surface area (Å²) in [7, 11) is -1.33. The number of guanidine groups is 1. The van der Waals surface area contributed by atoms with Crippen LogP contribution in [0.5, 0.6) is 5.75 Å². The van der Waals surface area contributed by atoms with Crippen molar-refractivity contribution in [2.75, 3.05) is 25.7 Å². The van der Waals surface area contributed by atoms with Crippen LogP contribution >= 0.6 is 15.9 Å². The number of ether oxygens (including phenoxy) is 1. The van der Waals surface area contributed by atoms with Gasteiger partial charge in [-0.3, -0.25) is 0 Å². The third-order valence-electron chi connectivity index (χ3n) is 3.30. The number of nitrogens with zero attached hydrogens (tertiary/aromatic N) is 1. The standard InChI is InChI=1S/C16H26BrN3O3S/c1-5-18-16(20-12(2)8-9-24(4,21)22)19-11-13-10-14(17)6-7-15(13)23-3/h6-7,10,12H,5,8-9,11H2,1-4H3,(H2,18,19,20). The van der Waals surface area contributed by atoms with Crippen LogP contribution in [-0.2, 0) is 16.4 Å². The molecule has 1 rings (SSSR count). The quantitative estimate of drug-likeness (QED) is 0.499. The number of hydrogen-bond donors (Lipinski definition) is 2. The van der Waals surface area contributed by atoms with E-state index in [4.69, 9.17) is 4.74 Å². The van der Waals surface area contributed by atoms with Gasteiger partial charge in [-0.15, -0.1) is 0 Å². The van der Waals surface area contributed by atoms with Gasteiger partial charge < -0.3 is 15.4 Å². The van der Waals surface area contributed by atoms with E-state index in [0.717, 1.165) is 22.3 Å². The van der Waals surface area contributed by atoms with Crippen LogP contribution in [0, 0.1) is 0 Å². The molecule has 8 heteroatoms. The Morgan fingerprint density at radius 2 is 2.12 bits per heavy atom. The molecule has 0 aliphatic rings. The highest BCUT2D eigenvalue weighted by molar-refractivity contribution is 9.10. The molecule has 0 saturated heterocycles. The molecular weight excluding hydrogens is 394 g/mol. The van der Waals surface area contributed by atoms with Crippen molar-refractivity contribution in [2.24, 2.45) is 4.99 Å². The first-order valence-corrected chi connectivity index (χ1v) is 10.7. The predicted octanol–water partition coefficient (Wildman–Crippen LogP) is 2.34. The minimum absolute atomic E-state index is 0.00179. The van der Waals surface area contributed by atoms with Gasteiger partial charge in [-0.05, 0) is 38.5 Å². The van der Waals surface area contributed by atoms with Crippen LogP contribution in [-0.4, -0.2) is 46.1 Å². The van der Waals surface area contributed by atoms with E-state index in [9.17, 15) is 8.42 Å². The second kappa shape index (κ2) is 9.88. The molecule has 0 aliphatic heterocycles. The number of aliphatic imine (C=N–C) groups is 1. The Labute approximate surface area is 153 Å². The number of rotatable bonds is 8. The molecule has 0 spiro atoms. The first kappa shape index (κ1) is 20.8. The lowest BCUT2D eigenvalue weighted by molar-refractivity contribution is 0.409. The molecule has 0 heterocycles. The largest absolute Gasteiger partial charge is 0.496 e. The molecule has 24 heavy (non-hydrogen) atoms.